The zero-order valence-corrected chi connectivity index (χ0v) is 29.2. The number of hydrogen-bond acceptors (Lipinski definition) is 5. The highest BCUT2D eigenvalue weighted by molar-refractivity contribution is 7.00. The molecule has 5 unspecified atom stereocenters. The molecule has 0 radical (unpaired) electrons. The third-order valence-corrected chi connectivity index (χ3v) is 19.6. The summed E-state index contributed by atoms with van der Waals surface area (Å²) < 4.78 is 27.8. The molecule has 2 aliphatic heterocycles. The molecule has 1 N–H and O–H groups in total. The second kappa shape index (κ2) is 12.4. The van der Waals surface area contributed by atoms with Crippen LogP contribution in [0.2, 0.25) is 10.1 Å². The topological polar surface area (TPSA) is 57.2 Å². The molecule has 236 valence electrons. The van der Waals surface area contributed by atoms with E-state index in [0.29, 0.717) is 6.61 Å². The Bertz CT molecular complexity index is 1340. The van der Waals surface area contributed by atoms with Crippen LogP contribution in [0.3, 0.4) is 0 Å². The molecule has 6 rings (SSSR count). The van der Waals surface area contributed by atoms with E-state index in [-0.39, 0.29) is 10.1 Å². The lowest BCUT2D eigenvalue weighted by Gasteiger charge is -2.51. The van der Waals surface area contributed by atoms with E-state index in [1.807, 2.05) is 24.3 Å². The van der Waals surface area contributed by atoms with Gasteiger partial charge in [0.1, 0.15) is 24.4 Å². The predicted octanol–water partition coefficient (Wildman–Crippen LogP) is 4.99. The van der Waals surface area contributed by atoms with Gasteiger partial charge >= 0.3 is 0 Å². The number of ether oxygens (including phenoxy) is 2. The highest BCUT2D eigenvalue weighted by Crippen LogP contribution is 2.44. The highest BCUT2D eigenvalue weighted by Gasteiger charge is 2.61. The predicted molar refractivity (Wildman–Crippen MR) is 186 cm³/mol. The summed E-state index contributed by atoms with van der Waals surface area (Å²) in [7, 11) is -6.05. The summed E-state index contributed by atoms with van der Waals surface area (Å²) >= 11 is 0. The van der Waals surface area contributed by atoms with Crippen LogP contribution < -0.4 is 20.7 Å². The lowest BCUT2D eigenvalue weighted by Crippen LogP contribution is -2.73. The summed E-state index contributed by atoms with van der Waals surface area (Å²) in [6.45, 7) is 13.8. The Hall–Kier alpha value is -2.89. The lowest BCUT2D eigenvalue weighted by atomic mass is 10.0. The van der Waals surface area contributed by atoms with Crippen LogP contribution in [0.5, 0.6) is 0 Å². The first kappa shape index (κ1) is 32.1. The van der Waals surface area contributed by atoms with Crippen LogP contribution in [-0.2, 0) is 18.3 Å². The Balaban J connectivity index is 1.47. The van der Waals surface area contributed by atoms with Gasteiger partial charge in [0.05, 0.1) is 6.61 Å². The van der Waals surface area contributed by atoms with Crippen molar-refractivity contribution in [1.82, 2.24) is 0 Å². The van der Waals surface area contributed by atoms with Crippen molar-refractivity contribution in [2.24, 2.45) is 0 Å². The van der Waals surface area contributed by atoms with Crippen molar-refractivity contribution in [3.8, 4) is 0 Å². The van der Waals surface area contributed by atoms with Crippen LogP contribution >= 0.6 is 0 Å². The minimum atomic E-state index is -3.04. The van der Waals surface area contributed by atoms with Crippen molar-refractivity contribution < 1.29 is 23.4 Å². The monoisotopic (exact) mass is 638 g/mol. The maximum Gasteiger partial charge on any atom is 0.261 e. The van der Waals surface area contributed by atoms with Crippen molar-refractivity contribution in [3.05, 3.63) is 121 Å². The maximum absolute atomic E-state index is 12.5. The van der Waals surface area contributed by atoms with Gasteiger partial charge in [0.15, 0.2) is 6.29 Å². The van der Waals surface area contributed by atoms with Gasteiger partial charge in [-0.2, -0.15) is 0 Å². The van der Waals surface area contributed by atoms with Gasteiger partial charge in [0.25, 0.3) is 16.6 Å². The SMILES string of the molecule is CC(C)(C)[Si](OC1C2COC(O2)C(O[Si](c2ccccc2)(c2ccccc2)C(C)(C)C)C1O)(c1ccccc1)c1ccccc1. The molecule has 0 spiro atoms. The van der Waals surface area contributed by atoms with E-state index in [0.717, 1.165) is 20.7 Å². The van der Waals surface area contributed by atoms with Crippen molar-refractivity contribution >= 4 is 37.4 Å². The standard InChI is InChI=1S/C38H46O5Si2/c1-37(2,3)44(28-19-11-7-12-20-28,29-21-13-8-14-22-29)42-34-32-27-40-36(41-32)35(33(34)39)43-45(38(4,5)6,30-23-15-9-16-24-30)31-25-17-10-18-26-31/h7-26,32-36,39H,27H2,1-6H3. The van der Waals surface area contributed by atoms with E-state index in [9.17, 15) is 5.11 Å². The average Bonchev–Trinajstić information content (AvgIpc) is 3.48. The number of aliphatic hydroxyl groups is 1. The molecule has 0 aromatic heterocycles. The van der Waals surface area contributed by atoms with Crippen LogP contribution in [-0.4, -0.2) is 59.1 Å². The number of fused-ring (bicyclic) bond motifs is 2. The smallest absolute Gasteiger partial charge is 0.261 e. The zero-order valence-electron chi connectivity index (χ0n) is 27.2. The number of rotatable bonds is 8. The van der Waals surface area contributed by atoms with E-state index < -0.39 is 47.3 Å². The second-order valence-electron chi connectivity index (χ2n) is 14.4. The maximum atomic E-state index is 12.5. The molecule has 2 bridgehead atoms. The lowest BCUT2D eigenvalue weighted by molar-refractivity contribution is -0.219. The Labute approximate surface area is 270 Å². The normalized spacial score (nSPS) is 24.0. The van der Waals surface area contributed by atoms with E-state index in [4.69, 9.17) is 18.3 Å². The summed E-state index contributed by atoms with van der Waals surface area (Å²) in [5.41, 5.74) is 0. The first-order valence-corrected chi connectivity index (χ1v) is 19.8. The van der Waals surface area contributed by atoms with Gasteiger partial charge in [-0.1, -0.05) is 163 Å². The van der Waals surface area contributed by atoms with E-state index in [2.05, 4.69) is 139 Å². The van der Waals surface area contributed by atoms with Gasteiger partial charge in [-0.15, -0.1) is 0 Å². The molecular weight excluding hydrogens is 593 g/mol. The molecule has 5 atom stereocenters. The van der Waals surface area contributed by atoms with Crippen molar-refractivity contribution in [1.29, 1.82) is 0 Å². The average molecular weight is 639 g/mol. The quantitative estimate of drug-likeness (QED) is 0.276. The molecule has 2 saturated heterocycles. The highest BCUT2D eigenvalue weighted by atomic mass is 28.4. The fourth-order valence-electron chi connectivity index (χ4n) is 7.41. The second-order valence-corrected chi connectivity index (χ2v) is 22.9. The van der Waals surface area contributed by atoms with Gasteiger partial charge in [0, 0.05) is 0 Å². The molecule has 4 aromatic rings. The molecular formula is C38H46O5Si2. The molecule has 0 saturated carbocycles. The Morgan fingerprint density at radius 3 is 1.22 bits per heavy atom. The van der Waals surface area contributed by atoms with Crippen molar-refractivity contribution in [2.75, 3.05) is 6.61 Å². The Morgan fingerprint density at radius 1 is 0.556 bits per heavy atom. The van der Waals surface area contributed by atoms with E-state index in [1.165, 1.54) is 0 Å². The van der Waals surface area contributed by atoms with E-state index >= 15 is 0 Å². The van der Waals surface area contributed by atoms with Gasteiger partial charge in [0.2, 0.25) is 0 Å². The summed E-state index contributed by atoms with van der Waals surface area (Å²) in [4.78, 5) is 0. The molecule has 2 heterocycles. The van der Waals surface area contributed by atoms with Gasteiger partial charge in [-0.3, -0.25) is 0 Å². The Kier molecular flexibility index (Phi) is 8.82. The molecule has 4 aromatic carbocycles. The largest absolute Gasteiger partial charge is 0.399 e. The Morgan fingerprint density at radius 2 is 0.889 bits per heavy atom. The minimum Gasteiger partial charge on any atom is -0.399 e. The zero-order chi connectivity index (χ0) is 31.9. The van der Waals surface area contributed by atoms with Gasteiger partial charge < -0.3 is 23.4 Å². The van der Waals surface area contributed by atoms with Crippen LogP contribution in [0.15, 0.2) is 121 Å². The fourth-order valence-corrected chi connectivity index (χ4v) is 16.8. The van der Waals surface area contributed by atoms with E-state index in [1.54, 1.807) is 0 Å². The molecule has 2 aliphatic rings. The molecule has 45 heavy (non-hydrogen) atoms. The molecule has 7 heteroatoms. The minimum absolute atomic E-state index is 0.264. The van der Waals surface area contributed by atoms with Gasteiger partial charge in [-0.05, 0) is 30.8 Å². The molecule has 5 nitrogen and oxygen atoms in total. The first-order chi connectivity index (χ1) is 21.5. The van der Waals surface area contributed by atoms with Crippen LogP contribution in [0, 0.1) is 0 Å². The van der Waals surface area contributed by atoms with Crippen molar-refractivity contribution in [2.45, 2.75) is 82.3 Å². The van der Waals surface area contributed by atoms with Crippen LogP contribution in [0.1, 0.15) is 41.5 Å². The third-order valence-electron chi connectivity index (χ3n) is 9.50. The molecule has 0 aliphatic carbocycles. The fraction of sp³-hybridized carbons (Fsp3) is 0.368. The number of aliphatic hydroxyl groups excluding tert-OH is 1. The van der Waals surface area contributed by atoms with Crippen LogP contribution in [0.4, 0.5) is 0 Å². The summed E-state index contributed by atoms with van der Waals surface area (Å²) in [6.07, 6.45) is -3.48. The summed E-state index contributed by atoms with van der Waals surface area (Å²) in [6, 6.07) is 42.1. The number of hydrogen-bond donors (Lipinski definition) is 1. The first-order valence-electron chi connectivity index (χ1n) is 16.0. The third kappa shape index (κ3) is 5.59. The van der Waals surface area contributed by atoms with Crippen molar-refractivity contribution in [3.63, 3.8) is 0 Å². The summed E-state index contributed by atoms with van der Waals surface area (Å²) in [5.74, 6) is 0. The number of benzene rings is 4. The van der Waals surface area contributed by atoms with Gasteiger partial charge in [-0.25, -0.2) is 0 Å². The summed E-state index contributed by atoms with van der Waals surface area (Å²) in [5, 5.41) is 16.5. The molecule has 0 amide bonds. The molecule has 2 fully saturated rings. The van der Waals surface area contributed by atoms with Crippen LogP contribution in [0.25, 0.3) is 0 Å².